The monoisotopic (exact) mass is 363 g/mol. The maximum Gasteiger partial charge on any atom is 0.264 e. The highest BCUT2D eigenvalue weighted by molar-refractivity contribution is 6.06. The number of nitrogens with zero attached hydrogens (tertiary/aromatic N) is 2. The molecular formula is C19H29N3O4. The van der Waals surface area contributed by atoms with Crippen LogP contribution in [0.3, 0.4) is 0 Å². The van der Waals surface area contributed by atoms with Gasteiger partial charge >= 0.3 is 0 Å². The Kier molecular flexibility index (Phi) is 7.72. The molecule has 0 aromatic heterocycles. The van der Waals surface area contributed by atoms with E-state index in [9.17, 15) is 4.79 Å². The van der Waals surface area contributed by atoms with Crippen LogP contribution < -0.4 is 14.8 Å². The number of carbonyl (C=O) groups excluding carboxylic acids is 1. The van der Waals surface area contributed by atoms with Crippen LogP contribution in [0.1, 0.15) is 32.3 Å². The van der Waals surface area contributed by atoms with E-state index in [0.29, 0.717) is 30.2 Å². The van der Waals surface area contributed by atoms with Gasteiger partial charge in [0, 0.05) is 18.5 Å². The first-order valence-corrected chi connectivity index (χ1v) is 9.08. The van der Waals surface area contributed by atoms with Crippen LogP contribution in [0.5, 0.6) is 11.5 Å². The molecule has 1 atom stereocenters. The largest absolute Gasteiger partial charge is 0.497 e. The Morgan fingerprint density at radius 1 is 1.31 bits per heavy atom. The fourth-order valence-electron chi connectivity index (χ4n) is 2.88. The second-order valence-corrected chi connectivity index (χ2v) is 6.07. The molecule has 0 spiro atoms. The van der Waals surface area contributed by atoms with Crippen molar-refractivity contribution >= 4 is 11.6 Å². The molecule has 1 aromatic carbocycles. The highest BCUT2D eigenvalue weighted by Gasteiger charge is 2.30. The van der Waals surface area contributed by atoms with Crippen LogP contribution in [0.4, 0.5) is 0 Å². The van der Waals surface area contributed by atoms with Gasteiger partial charge in [0.25, 0.3) is 5.91 Å². The summed E-state index contributed by atoms with van der Waals surface area (Å²) in [5.74, 6) is 1.24. The van der Waals surface area contributed by atoms with Crippen molar-refractivity contribution in [3.05, 3.63) is 23.8 Å². The van der Waals surface area contributed by atoms with Gasteiger partial charge in [-0.3, -0.25) is 4.79 Å². The van der Waals surface area contributed by atoms with Gasteiger partial charge in [-0.1, -0.05) is 19.0 Å². The molecule has 0 saturated heterocycles. The van der Waals surface area contributed by atoms with Crippen molar-refractivity contribution in [2.24, 2.45) is 5.16 Å². The van der Waals surface area contributed by atoms with Gasteiger partial charge in [-0.2, -0.15) is 0 Å². The predicted octanol–water partition coefficient (Wildman–Crippen LogP) is 2.04. The Morgan fingerprint density at radius 2 is 2.08 bits per heavy atom. The molecule has 144 valence electrons. The first-order chi connectivity index (χ1) is 12.6. The van der Waals surface area contributed by atoms with Crippen LogP contribution in [0.15, 0.2) is 23.4 Å². The molecule has 1 N–H and O–H groups in total. The summed E-state index contributed by atoms with van der Waals surface area (Å²) in [5, 5.41) is 7.02. The van der Waals surface area contributed by atoms with E-state index >= 15 is 0 Å². The minimum Gasteiger partial charge on any atom is -0.497 e. The van der Waals surface area contributed by atoms with Crippen LogP contribution in [0.25, 0.3) is 0 Å². The molecule has 0 radical (unpaired) electrons. The van der Waals surface area contributed by atoms with Crippen LogP contribution in [0, 0.1) is 0 Å². The average Bonchev–Trinajstić information content (AvgIpc) is 3.17. The van der Waals surface area contributed by atoms with Crippen molar-refractivity contribution in [3.63, 3.8) is 0 Å². The number of benzene rings is 1. The zero-order valence-electron chi connectivity index (χ0n) is 16.1. The predicted molar refractivity (Wildman–Crippen MR) is 101 cm³/mol. The number of ether oxygens (including phenoxy) is 2. The van der Waals surface area contributed by atoms with E-state index in [1.165, 1.54) is 0 Å². The normalized spacial score (nSPS) is 16.2. The molecule has 1 aliphatic rings. The van der Waals surface area contributed by atoms with Crippen LogP contribution in [0.2, 0.25) is 0 Å². The number of oxime groups is 1. The lowest BCUT2D eigenvalue weighted by molar-refractivity contribution is -0.131. The summed E-state index contributed by atoms with van der Waals surface area (Å²) >= 11 is 0. The average molecular weight is 363 g/mol. The molecule has 1 amide bonds. The Labute approximate surface area is 155 Å². The lowest BCUT2D eigenvalue weighted by Crippen LogP contribution is -2.36. The molecule has 1 aliphatic heterocycles. The summed E-state index contributed by atoms with van der Waals surface area (Å²) in [7, 11) is 3.20. The summed E-state index contributed by atoms with van der Waals surface area (Å²) < 4.78 is 10.6. The van der Waals surface area contributed by atoms with Crippen LogP contribution in [-0.2, 0) is 9.63 Å². The summed E-state index contributed by atoms with van der Waals surface area (Å²) in [5.41, 5.74) is 1.47. The minimum absolute atomic E-state index is 0.134. The van der Waals surface area contributed by atoms with Crippen molar-refractivity contribution < 1.29 is 19.1 Å². The quantitative estimate of drug-likeness (QED) is 0.644. The first kappa shape index (κ1) is 20.0. The number of amides is 1. The van der Waals surface area contributed by atoms with Crippen LogP contribution >= 0.6 is 0 Å². The second-order valence-electron chi connectivity index (χ2n) is 6.07. The SMILES string of the molecule is CCN(CC)CCCNC(=O)C1CC(c2cc(OC)ccc2OC)=NO1. The number of carbonyl (C=O) groups is 1. The van der Waals surface area contributed by atoms with Gasteiger partial charge in [0.05, 0.1) is 19.9 Å². The molecule has 0 saturated carbocycles. The first-order valence-electron chi connectivity index (χ1n) is 9.08. The Morgan fingerprint density at radius 3 is 2.73 bits per heavy atom. The number of hydrogen-bond acceptors (Lipinski definition) is 6. The topological polar surface area (TPSA) is 72.4 Å². The van der Waals surface area contributed by atoms with Gasteiger partial charge in [-0.15, -0.1) is 0 Å². The van der Waals surface area contributed by atoms with Crippen LogP contribution in [-0.4, -0.2) is 63.0 Å². The number of methoxy groups -OCH3 is 2. The molecule has 7 nitrogen and oxygen atoms in total. The third kappa shape index (κ3) is 5.11. The molecule has 0 fully saturated rings. The lowest BCUT2D eigenvalue weighted by Gasteiger charge is -2.18. The zero-order chi connectivity index (χ0) is 18.9. The fourth-order valence-corrected chi connectivity index (χ4v) is 2.88. The minimum atomic E-state index is -0.602. The van der Waals surface area contributed by atoms with E-state index in [2.05, 4.69) is 29.2 Å². The Balaban J connectivity index is 1.86. The van der Waals surface area contributed by atoms with Crippen molar-refractivity contribution in [1.29, 1.82) is 0 Å². The summed E-state index contributed by atoms with van der Waals surface area (Å²) in [6, 6.07) is 5.47. The van der Waals surface area contributed by atoms with Gasteiger partial charge in [-0.25, -0.2) is 0 Å². The fraction of sp³-hybridized carbons (Fsp3) is 0.579. The Hall–Kier alpha value is -2.28. The highest BCUT2D eigenvalue weighted by atomic mass is 16.6. The molecule has 7 heteroatoms. The van der Waals surface area contributed by atoms with E-state index in [1.807, 2.05) is 18.2 Å². The number of nitrogens with one attached hydrogen (secondary N) is 1. The van der Waals surface area contributed by atoms with E-state index in [1.54, 1.807) is 14.2 Å². The van der Waals surface area contributed by atoms with Gasteiger partial charge in [0.2, 0.25) is 6.10 Å². The molecule has 26 heavy (non-hydrogen) atoms. The highest BCUT2D eigenvalue weighted by Crippen LogP contribution is 2.28. The summed E-state index contributed by atoms with van der Waals surface area (Å²) in [6.07, 6.45) is 0.720. The van der Waals surface area contributed by atoms with E-state index < -0.39 is 6.10 Å². The molecule has 1 heterocycles. The van der Waals surface area contributed by atoms with Gasteiger partial charge in [0.1, 0.15) is 11.5 Å². The zero-order valence-corrected chi connectivity index (χ0v) is 16.1. The summed E-state index contributed by atoms with van der Waals surface area (Å²) in [6.45, 7) is 7.93. The van der Waals surface area contributed by atoms with Gasteiger partial charge < -0.3 is 24.5 Å². The maximum atomic E-state index is 12.3. The van der Waals surface area contributed by atoms with E-state index in [0.717, 1.165) is 31.6 Å². The second kappa shape index (κ2) is 10.0. The van der Waals surface area contributed by atoms with Gasteiger partial charge in [0.15, 0.2) is 0 Å². The van der Waals surface area contributed by atoms with Crippen molar-refractivity contribution in [2.45, 2.75) is 32.8 Å². The van der Waals surface area contributed by atoms with E-state index in [4.69, 9.17) is 14.3 Å². The van der Waals surface area contributed by atoms with Gasteiger partial charge in [-0.05, 0) is 44.3 Å². The maximum absolute atomic E-state index is 12.3. The Bertz CT molecular complexity index is 629. The van der Waals surface area contributed by atoms with Crippen molar-refractivity contribution in [1.82, 2.24) is 10.2 Å². The smallest absolute Gasteiger partial charge is 0.264 e. The van der Waals surface area contributed by atoms with E-state index in [-0.39, 0.29) is 5.91 Å². The molecule has 2 rings (SSSR count). The lowest BCUT2D eigenvalue weighted by atomic mass is 10.0. The molecule has 0 bridgehead atoms. The third-order valence-electron chi connectivity index (χ3n) is 4.52. The number of hydrogen-bond donors (Lipinski definition) is 1. The number of rotatable bonds is 10. The molecule has 1 aromatic rings. The molecule has 0 aliphatic carbocycles. The van der Waals surface area contributed by atoms with Crippen molar-refractivity contribution in [2.75, 3.05) is 40.4 Å². The van der Waals surface area contributed by atoms with Crippen molar-refractivity contribution in [3.8, 4) is 11.5 Å². The molecular weight excluding hydrogens is 334 g/mol. The summed E-state index contributed by atoms with van der Waals surface area (Å²) in [4.78, 5) is 20.0. The standard InChI is InChI=1S/C19H29N3O4/c1-5-22(6-2)11-7-10-20-19(23)18-13-16(21-26-18)15-12-14(24-3)8-9-17(15)25-4/h8-9,12,18H,5-7,10-11,13H2,1-4H3,(H,20,23). The molecule has 1 unspecified atom stereocenters. The third-order valence-corrected chi connectivity index (χ3v) is 4.52.